The molecule has 0 aliphatic rings. The number of aromatic nitrogens is 2. The predicted molar refractivity (Wildman–Crippen MR) is 90.6 cm³/mol. The Kier molecular flexibility index (Phi) is 6.29. The highest BCUT2D eigenvalue weighted by atomic mass is 79.9. The molecule has 6 heteroatoms. The van der Waals surface area contributed by atoms with E-state index in [1.807, 2.05) is 4.68 Å². The fourth-order valence-electron chi connectivity index (χ4n) is 2.07. The SMILES string of the molecule is COCCn1ncc(Br)c1C(N)CSc1cccc(C)c1. The first kappa shape index (κ1) is 16.5. The highest BCUT2D eigenvalue weighted by Gasteiger charge is 2.16. The van der Waals surface area contributed by atoms with Crippen LogP contribution in [-0.2, 0) is 11.3 Å². The molecule has 1 heterocycles. The molecular weight excluding hydrogens is 350 g/mol. The Hall–Kier alpha value is -0.820. The van der Waals surface area contributed by atoms with Gasteiger partial charge < -0.3 is 10.5 Å². The molecule has 114 valence electrons. The molecule has 0 amide bonds. The molecule has 1 aromatic carbocycles. The lowest BCUT2D eigenvalue weighted by Crippen LogP contribution is -2.20. The summed E-state index contributed by atoms with van der Waals surface area (Å²) in [5.74, 6) is 0.806. The number of halogens is 1. The van der Waals surface area contributed by atoms with Crippen molar-refractivity contribution < 1.29 is 4.74 Å². The molecule has 2 aromatic rings. The Labute approximate surface area is 138 Å². The summed E-state index contributed by atoms with van der Waals surface area (Å²) in [7, 11) is 1.69. The zero-order chi connectivity index (χ0) is 15.2. The lowest BCUT2D eigenvalue weighted by molar-refractivity contribution is 0.182. The van der Waals surface area contributed by atoms with Gasteiger partial charge in [0.25, 0.3) is 0 Å². The first-order chi connectivity index (χ1) is 10.1. The maximum atomic E-state index is 6.35. The Bertz CT molecular complexity index is 588. The maximum Gasteiger partial charge on any atom is 0.0703 e. The Balaban J connectivity index is 2.02. The molecule has 1 atom stereocenters. The molecular formula is C15H20BrN3OS. The van der Waals surface area contributed by atoms with Crippen LogP contribution in [0.2, 0.25) is 0 Å². The van der Waals surface area contributed by atoms with Crippen LogP contribution in [0.5, 0.6) is 0 Å². The van der Waals surface area contributed by atoms with Crippen molar-refractivity contribution in [1.29, 1.82) is 0 Å². The summed E-state index contributed by atoms with van der Waals surface area (Å²) >= 11 is 5.30. The van der Waals surface area contributed by atoms with Gasteiger partial charge in [-0.1, -0.05) is 17.7 Å². The zero-order valence-corrected chi connectivity index (χ0v) is 14.7. The molecule has 0 radical (unpaired) electrons. The molecule has 21 heavy (non-hydrogen) atoms. The summed E-state index contributed by atoms with van der Waals surface area (Å²) in [4.78, 5) is 1.24. The van der Waals surface area contributed by atoms with Crippen LogP contribution < -0.4 is 5.73 Å². The van der Waals surface area contributed by atoms with Crippen LogP contribution in [-0.4, -0.2) is 29.3 Å². The molecule has 0 saturated heterocycles. The van der Waals surface area contributed by atoms with E-state index in [9.17, 15) is 0 Å². The summed E-state index contributed by atoms with van der Waals surface area (Å²) in [6, 6.07) is 8.38. The largest absolute Gasteiger partial charge is 0.383 e. The third-order valence-electron chi connectivity index (χ3n) is 3.11. The Morgan fingerprint density at radius 2 is 2.29 bits per heavy atom. The number of aryl methyl sites for hydroxylation is 1. The van der Waals surface area contributed by atoms with Gasteiger partial charge in [-0.15, -0.1) is 11.8 Å². The van der Waals surface area contributed by atoms with Crippen molar-refractivity contribution in [3.8, 4) is 0 Å². The van der Waals surface area contributed by atoms with Crippen molar-refractivity contribution >= 4 is 27.7 Å². The molecule has 1 aromatic heterocycles. The molecule has 4 nitrogen and oxygen atoms in total. The second kappa shape index (κ2) is 7.98. The Morgan fingerprint density at radius 3 is 3.00 bits per heavy atom. The molecule has 0 bridgehead atoms. The van der Waals surface area contributed by atoms with Gasteiger partial charge in [0.05, 0.1) is 35.6 Å². The van der Waals surface area contributed by atoms with Gasteiger partial charge in [0.2, 0.25) is 0 Å². The molecule has 2 rings (SSSR count). The van der Waals surface area contributed by atoms with Crippen molar-refractivity contribution in [3.63, 3.8) is 0 Å². The van der Waals surface area contributed by atoms with Crippen LogP contribution in [0.1, 0.15) is 17.3 Å². The Morgan fingerprint density at radius 1 is 1.48 bits per heavy atom. The first-order valence-electron chi connectivity index (χ1n) is 6.77. The van der Waals surface area contributed by atoms with Crippen molar-refractivity contribution in [3.05, 3.63) is 46.2 Å². The lowest BCUT2D eigenvalue weighted by atomic mass is 10.2. The van der Waals surface area contributed by atoms with Crippen LogP contribution >= 0.6 is 27.7 Å². The van der Waals surface area contributed by atoms with Gasteiger partial charge in [-0.25, -0.2) is 0 Å². The van der Waals surface area contributed by atoms with E-state index < -0.39 is 0 Å². The standard InChI is InChI=1S/C15H20BrN3OS/c1-11-4-3-5-12(8-11)21-10-14(17)15-13(16)9-18-19(15)6-7-20-2/h3-5,8-9,14H,6-7,10,17H2,1-2H3. The van der Waals surface area contributed by atoms with Crippen LogP contribution in [0.4, 0.5) is 0 Å². The van der Waals surface area contributed by atoms with E-state index in [2.05, 4.69) is 52.2 Å². The normalized spacial score (nSPS) is 12.6. The number of nitrogens with two attached hydrogens (primary N) is 1. The summed E-state index contributed by atoms with van der Waals surface area (Å²) < 4.78 is 7.98. The van der Waals surface area contributed by atoms with E-state index in [1.54, 1.807) is 25.1 Å². The average Bonchev–Trinajstić information content (AvgIpc) is 2.83. The molecule has 0 aliphatic heterocycles. The van der Waals surface area contributed by atoms with Gasteiger partial charge in [0.1, 0.15) is 0 Å². The number of thioether (sulfide) groups is 1. The molecule has 1 unspecified atom stereocenters. The number of nitrogens with zero attached hydrogens (tertiary/aromatic N) is 2. The van der Waals surface area contributed by atoms with Crippen LogP contribution in [0, 0.1) is 6.92 Å². The van der Waals surface area contributed by atoms with Gasteiger partial charge in [-0.2, -0.15) is 5.10 Å². The summed E-state index contributed by atoms with van der Waals surface area (Å²) in [6.07, 6.45) is 1.79. The van der Waals surface area contributed by atoms with E-state index in [0.717, 1.165) is 15.9 Å². The van der Waals surface area contributed by atoms with Gasteiger partial charge in [-0.3, -0.25) is 4.68 Å². The number of rotatable bonds is 7. The quantitative estimate of drug-likeness (QED) is 0.759. The number of hydrogen-bond acceptors (Lipinski definition) is 4. The minimum absolute atomic E-state index is 0.0794. The van der Waals surface area contributed by atoms with Crippen molar-refractivity contribution in [2.45, 2.75) is 24.4 Å². The average molecular weight is 370 g/mol. The molecule has 2 N–H and O–H groups in total. The fraction of sp³-hybridized carbons (Fsp3) is 0.400. The number of methoxy groups -OCH3 is 1. The third kappa shape index (κ3) is 4.57. The molecule has 0 spiro atoms. The van der Waals surface area contributed by atoms with Crippen LogP contribution in [0.15, 0.2) is 39.8 Å². The zero-order valence-electron chi connectivity index (χ0n) is 12.3. The van der Waals surface area contributed by atoms with Gasteiger partial charge >= 0.3 is 0 Å². The van der Waals surface area contributed by atoms with Crippen molar-refractivity contribution in [1.82, 2.24) is 9.78 Å². The van der Waals surface area contributed by atoms with E-state index in [-0.39, 0.29) is 6.04 Å². The fourth-order valence-corrected chi connectivity index (χ4v) is 3.63. The first-order valence-corrected chi connectivity index (χ1v) is 8.55. The third-order valence-corrected chi connectivity index (χ3v) is 4.83. The predicted octanol–water partition coefficient (Wildman–Crippen LogP) is 3.39. The minimum atomic E-state index is -0.0794. The van der Waals surface area contributed by atoms with Crippen LogP contribution in [0.25, 0.3) is 0 Å². The van der Waals surface area contributed by atoms with Crippen LogP contribution in [0.3, 0.4) is 0 Å². The van der Waals surface area contributed by atoms with E-state index >= 15 is 0 Å². The van der Waals surface area contributed by atoms with Gasteiger partial charge in [-0.05, 0) is 35.0 Å². The van der Waals surface area contributed by atoms with Gasteiger partial charge in [0.15, 0.2) is 0 Å². The van der Waals surface area contributed by atoms with Gasteiger partial charge in [0, 0.05) is 17.8 Å². The highest BCUT2D eigenvalue weighted by Crippen LogP contribution is 2.28. The number of ether oxygens (including phenoxy) is 1. The number of hydrogen-bond donors (Lipinski definition) is 1. The van der Waals surface area contributed by atoms with E-state index in [1.165, 1.54) is 10.5 Å². The minimum Gasteiger partial charge on any atom is -0.383 e. The molecule has 0 fully saturated rings. The topological polar surface area (TPSA) is 53.1 Å². The maximum absolute atomic E-state index is 6.35. The molecule has 0 aliphatic carbocycles. The van der Waals surface area contributed by atoms with E-state index in [0.29, 0.717) is 13.2 Å². The lowest BCUT2D eigenvalue weighted by Gasteiger charge is -2.15. The summed E-state index contributed by atoms with van der Waals surface area (Å²) in [5.41, 5.74) is 8.63. The monoisotopic (exact) mass is 369 g/mol. The van der Waals surface area contributed by atoms with Crippen molar-refractivity contribution in [2.24, 2.45) is 5.73 Å². The summed E-state index contributed by atoms with van der Waals surface area (Å²) in [5, 5.41) is 4.34. The second-order valence-electron chi connectivity index (χ2n) is 4.83. The highest BCUT2D eigenvalue weighted by molar-refractivity contribution is 9.10. The molecule has 0 saturated carbocycles. The second-order valence-corrected chi connectivity index (χ2v) is 6.78. The van der Waals surface area contributed by atoms with E-state index in [4.69, 9.17) is 10.5 Å². The van der Waals surface area contributed by atoms with Crippen molar-refractivity contribution in [2.75, 3.05) is 19.5 Å². The smallest absolute Gasteiger partial charge is 0.0703 e. The summed E-state index contributed by atoms with van der Waals surface area (Å²) in [6.45, 7) is 3.43. The number of benzene rings is 1.